The van der Waals surface area contributed by atoms with Crippen LogP contribution in [0.4, 0.5) is 0 Å². The minimum absolute atomic E-state index is 0.0858. The molecule has 0 bridgehead atoms. The third-order valence-corrected chi connectivity index (χ3v) is 4.96. The van der Waals surface area contributed by atoms with Crippen LogP contribution in [0, 0.1) is 5.41 Å². The Bertz CT molecular complexity index is 599. The van der Waals surface area contributed by atoms with Gasteiger partial charge in [0.05, 0.1) is 0 Å². The van der Waals surface area contributed by atoms with Gasteiger partial charge in [0, 0.05) is 28.9 Å². The zero-order chi connectivity index (χ0) is 13.5. The molecule has 0 unspecified atom stereocenters. The molecule has 2 aromatic rings. The first kappa shape index (κ1) is 12.4. The van der Waals surface area contributed by atoms with Crippen molar-refractivity contribution >= 4 is 17.2 Å². The molecular formula is C16H18N2S. The van der Waals surface area contributed by atoms with Crippen LogP contribution in [0.3, 0.4) is 0 Å². The van der Waals surface area contributed by atoms with Gasteiger partial charge in [0.15, 0.2) is 0 Å². The SMILES string of the molecule is CC(C)(CN1Cc2ccccc2C1=N)c1cccs1. The fraction of sp³-hybridized carbons (Fsp3) is 0.312. The van der Waals surface area contributed by atoms with Gasteiger partial charge in [-0.25, -0.2) is 0 Å². The minimum atomic E-state index is 0.0858. The number of nitrogens with zero attached hydrogens (tertiary/aromatic N) is 1. The Labute approximate surface area is 118 Å². The van der Waals surface area contributed by atoms with Crippen molar-refractivity contribution in [3.8, 4) is 0 Å². The molecule has 1 aliphatic rings. The van der Waals surface area contributed by atoms with E-state index < -0.39 is 0 Å². The van der Waals surface area contributed by atoms with Gasteiger partial charge in [0.25, 0.3) is 0 Å². The normalized spacial score (nSPS) is 14.8. The summed E-state index contributed by atoms with van der Waals surface area (Å²) in [7, 11) is 0. The van der Waals surface area contributed by atoms with Gasteiger partial charge in [-0.05, 0) is 17.0 Å². The lowest BCUT2D eigenvalue weighted by Gasteiger charge is -2.30. The van der Waals surface area contributed by atoms with E-state index in [-0.39, 0.29) is 5.41 Å². The lowest BCUT2D eigenvalue weighted by molar-refractivity contribution is 0.334. The molecule has 0 saturated carbocycles. The van der Waals surface area contributed by atoms with Crippen LogP contribution in [0.2, 0.25) is 0 Å². The Morgan fingerprint density at radius 1 is 1.21 bits per heavy atom. The van der Waals surface area contributed by atoms with Crippen LogP contribution in [0.1, 0.15) is 29.9 Å². The molecule has 98 valence electrons. The van der Waals surface area contributed by atoms with Gasteiger partial charge in [-0.2, -0.15) is 0 Å². The second-order valence-electron chi connectivity index (χ2n) is 5.72. The van der Waals surface area contributed by atoms with Gasteiger partial charge in [0.1, 0.15) is 5.84 Å². The second kappa shape index (κ2) is 4.49. The topological polar surface area (TPSA) is 27.1 Å². The highest BCUT2D eigenvalue weighted by Crippen LogP contribution is 2.31. The van der Waals surface area contributed by atoms with Crippen molar-refractivity contribution in [2.75, 3.05) is 6.54 Å². The van der Waals surface area contributed by atoms with Gasteiger partial charge in [0.2, 0.25) is 0 Å². The van der Waals surface area contributed by atoms with E-state index in [0.29, 0.717) is 5.84 Å². The zero-order valence-electron chi connectivity index (χ0n) is 11.3. The molecule has 0 saturated heterocycles. The molecule has 0 radical (unpaired) electrons. The number of thiophene rings is 1. The number of amidine groups is 1. The maximum Gasteiger partial charge on any atom is 0.128 e. The number of hydrogen-bond donors (Lipinski definition) is 1. The van der Waals surface area contributed by atoms with Crippen molar-refractivity contribution in [3.63, 3.8) is 0 Å². The first-order valence-corrected chi connectivity index (χ1v) is 7.42. The molecule has 0 amide bonds. The van der Waals surface area contributed by atoms with E-state index in [1.54, 1.807) is 11.3 Å². The molecule has 1 aliphatic heterocycles. The monoisotopic (exact) mass is 270 g/mol. The summed E-state index contributed by atoms with van der Waals surface area (Å²) in [6, 6.07) is 12.5. The van der Waals surface area contributed by atoms with E-state index in [9.17, 15) is 0 Å². The van der Waals surface area contributed by atoms with Gasteiger partial charge in [-0.1, -0.05) is 44.2 Å². The van der Waals surface area contributed by atoms with Crippen LogP contribution >= 0.6 is 11.3 Å². The molecule has 3 heteroatoms. The van der Waals surface area contributed by atoms with Crippen LogP contribution < -0.4 is 0 Å². The maximum absolute atomic E-state index is 8.32. The van der Waals surface area contributed by atoms with Crippen LogP contribution in [0.15, 0.2) is 41.8 Å². The van der Waals surface area contributed by atoms with E-state index in [0.717, 1.165) is 18.7 Å². The van der Waals surface area contributed by atoms with Crippen molar-refractivity contribution in [3.05, 3.63) is 57.8 Å². The van der Waals surface area contributed by atoms with Crippen LogP contribution in [-0.4, -0.2) is 17.3 Å². The minimum Gasteiger partial charge on any atom is -0.351 e. The summed E-state index contributed by atoms with van der Waals surface area (Å²) in [6.45, 7) is 6.27. The molecular weight excluding hydrogens is 252 g/mol. The smallest absolute Gasteiger partial charge is 0.128 e. The largest absolute Gasteiger partial charge is 0.351 e. The van der Waals surface area contributed by atoms with Crippen molar-refractivity contribution in [1.82, 2.24) is 4.90 Å². The lowest BCUT2D eigenvalue weighted by Crippen LogP contribution is -2.36. The highest BCUT2D eigenvalue weighted by Gasteiger charge is 2.30. The average Bonchev–Trinajstić information content (AvgIpc) is 3.00. The third-order valence-electron chi connectivity index (χ3n) is 3.72. The third kappa shape index (κ3) is 2.19. The molecule has 1 aromatic heterocycles. The summed E-state index contributed by atoms with van der Waals surface area (Å²) >= 11 is 1.80. The van der Waals surface area contributed by atoms with Crippen molar-refractivity contribution in [2.24, 2.45) is 0 Å². The number of benzene rings is 1. The molecule has 0 aliphatic carbocycles. The van der Waals surface area contributed by atoms with Gasteiger partial charge in [-0.3, -0.25) is 5.41 Å². The Hall–Kier alpha value is -1.61. The first-order valence-electron chi connectivity index (χ1n) is 6.54. The van der Waals surface area contributed by atoms with Crippen LogP contribution in [0.25, 0.3) is 0 Å². The van der Waals surface area contributed by atoms with E-state index in [1.165, 1.54) is 10.4 Å². The maximum atomic E-state index is 8.32. The molecule has 3 rings (SSSR count). The summed E-state index contributed by atoms with van der Waals surface area (Å²) in [4.78, 5) is 3.57. The van der Waals surface area contributed by atoms with Crippen molar-refractivity contribution < 1.29 is 0 Å². The summed E-state index contributed by atoms with van der Waals surface area (Å²) < 4.78 is 0. The predicted octanol–water partition coefficient (Wildman–Crippen LogP) is 3.87. The molecule has 1 N–H and O–H groups in total. The van der Waals surface area contributed by atoms with E-state index in [2.05, 4.69) is 54.5 Å². The number of fused-ring (bicyclic) bond motifs is 1. The highest BCUT2D eigenvalue weighted by molar-refractivity contribution is 7.10. The zero-order valence-corrected chi connectivity index (χ0v) is 12.1. The molecule has 1 aromatic carbocycles. The molecule has 19 heavy (non-hydrogen) atoms. The van der Waals surface area contributed by atoms with E-state index in [1.807, 2.05) is 6.07 Å². The Morgan fingerprint density at radius 3 is 2.68 bits per heavy atom. The predicted molar refractivity (Wildman–Crippen MR) is 81.0 cm³/mol. The molecule has 0 atom stereocenters. The lowest BCUT2D eigenvalue weighted by atomic mass is 9.91. The second-order valence-corrected chi connectivity index (χ2v) is 6.67. The molecule has 0 fully saturated rings. The highest BCUT2D eigenvalue weighted by atomic mass is 32.1. The van der Waals surface area contributed by atoms with Crippen molar-refractivity contribution in [1.29, 1.82) is 5.41 Å². The summed E-state index contributed by atoms with van der Waals surface area (Å²) in [5, 5.41) is 10.4. The number of nitrogens with one attached hydrogen (secondary N) is 1. The van der Waals surface area contributed by atoms with Gasteiger partial charge in [-0.15, -0.1) is 11.3 Å². The Balaban J connectivity index is 1.82. The fourth-order valence-corrected chi connectivity index (χ4v) is 3.54. The Kier molecular flexibility index (Phi) is 2.94. The summed E-state index contributed by atoms with van der Waals surface area (Å²) in [5.41, 5.74) is 2.45. The van der Waals surface area contributed by atoms with Gasteiger partial charge >= 0.3 is 0 Å². The summed E-state index contributed by atoms with van der Waals surface area (Å²) in [6.07, 6.45) is 0. The number of rotatable bonds is 3. The molecule has 2 nitrogen and oxygen atoms in total. The standard InChI is InChI=1S/C16H18N2S/c1-16(2,14-8-5-9-19-14)11-18-10-12-6-3-4-7-13(12)15(18)17/h3-9,17H,10-11H2,1-2H3. The average molecular weight is 270 g/mol. The van der Waals surface area contributed by atoms with Crippen molar-refractivity contribution in [2.45, 2.75) is 25.8 Å². The van der Waals surface area contributed by atoms with E-state index in [4.69, 9.17) is 5.41 Å². The van der Waals surface area contributed by atoms with Crippen LogP contribution in [-0.2, 0) is 12.0 Å². The fourth-order valence-electron chi connectivity index (χ4n) is 2.70. The van der Waals surface area contributed by atoms with Gasteiger partial charge < -0.3 is 4.90 Å². The first-order chi connectivity index (χ1) is 9.08. The van der Waals surface area contributed by atoms with E-state index >= 15 is 0 Å². The summed E-state index contributed by atoms with van der Waals surface area (Å²) in [5.74, 6) is 0.667. The van der Waals surface area contributed by atoms with Crippen LogP contribution in [0.5, 0.6) is 0 Å². The molecule has 0 spiro atoms. The quantitative estimate of drug-likeness (QED) is 0.900. The Morgan fingerprint density at radius 2 is 2.00 bits per heavy atom. The molecule has 2 heterocycles. The number of hydrogen-bond acceptors (Lipinski definition) is 2.